The molecule has 22 heavy (non-hydrogen) atoms. The van der Waals surface area contributed by atoms with Crippen LogP contribution in [0.4, 0.5) is 5.82 Å². The maximum absolute atomic E-state index is 6.01. The fraction of sp³-hybridized carbons (Fsp3) is 0.765. The number of piperidine rings is 1. The van der Waals surface area contributed by atoms with E-state index in [2.05, 4.69) is 41.0 Å². The van der Waals surface area contributed by atoms with Crippen molar-refractivity contribution in [1.82, 2.24) is 14.9 Å². The molecule has 0 amide bonds. The Morgan fingerprint density at radius 1 is 1.45 bits per heavy atom. The van der Waals surface area contributed by atoms with Crippen molar-refractivity contribution in [3.05, 3.63) is 17.0 Å². The molecule has 2 aliphatic heterocycles. The second-order valence-corrected chi connectivity index (χ2v) is 7.68. The van der Waals surface area contributed by atoms with Crippen LogP contribution in [0.5, 0.6) is 0 Å². The topological polar surface area (TPSA) is 41.1 Å². The smallest absolute Gasteiger partial charge is 0.224 e. The lowest BCUT2D eigenvalue weighted by atomic mass is 9.83. The quantitative estimate of drug-likeness (QED) is 0.854. The van der Waals surface area contributed by atoms with Crippen molar-refractivity contribution in [2.24, 2.45) is 0 Å². The van der Waals surface area contributed by atoms with Crippen LogP contribution in [-0.4, -0.2) is 39.0 Å². The molecule has 1 aromatic heterocycles. The van der Waals surface area contributed by atoms with Crippen molar-refractivity contribution >= 4 is 17.4 Å². The van der Waals surface area contributed by atoms with Crippen LogP contribution < -0.4 is 5.32 Å². The Bertz CT molecular complexity index is 531. The molecule has 2 unspecified atom stereocenters. The highest BCUT2D eigenvalue weighted by Crippen LogP contribution is 2.38. The molecule has 4 nitrogen and oxygen atoms in total. The third-order valence-corrected chi connectivity index (χ3v) is 5.33. The number of halogens is 1. The van der Waals surface area contributed by atoms with Gasteiger partial charge < -0.3 is 5.32 Å². The largest absolute Gasteiger partial charge is 0.367 e. The standard InChI is InChI=1S/C17H27ClN4/c1-4-6-12-11-19-16(18)21-15(12)20-13-9-14-7-5-8-22(14)17(2,3)10-13/h11,13-14H,4-10H2,1-3H3,(H,19,20,21). The van der Waals surface area contributed by atoms with Crippen molar-refractivity contribution in [1.29, 1.82) is 0 Å². The second-order valence-electron chi connectivity index (χ2n) is 7.35. The zero-order valence-corrected chi connectivity index (χ0v) is 14.7. The predicted octanol–water partition coefficient (Wildman–Crippen LogP) is 3.90. The van der Waals surface area contributed by atoms with Crippen LogP contribution in [0.15, 0.2) is 6.20 Å². The van der Waals surface area contributed by atoms with Gasteiger partial charge in [-0.25, -0.2) is 9.97 Å². The molecule has 3 rings (SSSR count). The van der Waals surface area contributed by atoms with E-state index in [0.29, 0.717) is 17.4 Å². The minimum atomic E-state index is 0.263. The zero-order valence-electron chi connectivity index (χ0n) is 13.9. The molecule has 2 fully saturated rings. The fourth-order valence-corrected chi connectivity index (χ4v) is 4.41. The molecule has 0 aliphatic carbocycles. The first-order chi connectivity index (χ1) is 10.5. The van der Waals surface area contributed by atoms with Gasteiger partial charge >= 0.3 is 0 Å². The van der Waals surface area contributed by atoms with Crippen molar-refractivity contribution in [2.45, 2.75) is 76.9 Å². The molecule has 0 bridgehead atoms. The van der Waals surface area contributed by atoms with Gasteiger partial charge in [-0.1, -0.05) is 13.3 Å². The van der Waals surface area contributed by atoms with E-state index in [4.69, 9.17) is 11.6 Å². The highest BCUT2D eigenvalue weighted by molar-refractivity contribution is 6.28. The number of hydrogen-bond acceptors (Lipinski definition) is 4. The van der Waals surface area contributed by atoms with Gasteiger partial charge in [0.15, 0.2) is 0 Å². The Balaban J connectivity index is 1.77. The van der Waals surface area contributed by atoms with Crippen molar-refractivity contribution in [2.75, 3.05) is 11.9 Å². The van der Waals surface area contributed by atoms with E-state index in [-0.39, 0.29) is 5.54 Å². The average molecular weight is 323 g/mol. The van der Waals surface area contributed by atoms with Gasteiger partial charge in [-0.05, 0) is 64.1 Å². The van der Waals surface area contributed by atoms with Crippen LogP contribution in [-0.2, 0) is 6.42 Å². The summed E-state index contributed by atoms with van der Waals surface area (Å²) in [6, 6.07) is 1.18. The number of fused-ring (bicyclic) bond motifs is 1. The minimum absolute atomic E-state index is 0.263. The highest BCUT2D eigenvalue weighted by atomic mass is 35.5. The molecule has 2 aliphatic rings. The summed E-state index contributed by atoms with van der Waals surface area (Å²) in [6.07, 6.45) is 8.97. The Morgan fingerprint density at radius 2 is 2.27 bits per heavy atom. The molecule has 122 valence electrons. The molecule has 2 saturated heterocycles. The van der Waals surface area contributed by atoms with E-state index in [0.717, 1.165) is 25.1 Å². The van der Waals surface area contributed by atoms with E-state index in [1.54, 1.807) is 0 Å². The lowest BCUT2D eigenvalue weighted by Gasteiger charge is -2.48. The van der Waals surface area contributed by atoms with E-state index >= 15 is 0 Å². The SMILES string of the molecule is CCCc1cnc(Cl)nc1NC1CC2CCCN2C(C)(C)C1. The van der Waals surface area contributed by atoms with Crippen LogP contribution >= 0.6 is 11.6 Å². The van der Waals surface area contributed by atoms with E-state index in [1.165, 1.54) is 31.4 Å². The molecule has 1 N–H and O–H groups in total. The Hall–Kier alpha value is -0.870. The van der Waals surface area contributed by atoms with Gasteiger partial charge in [-0.2, -0.15) is 0 Å². The van der Waals surface area contributed by atoms with E-state index < -0.39 is 0 Å². The first-order valence-corrected chi connectivity index (χ1v) is 8.92. The molecular weight excluding hydrogens is 296 g/mol. The van der Waals surface area contributed by atoms with E-state index in [9.17, 15) is 0 Å². The maximum atomic E-state index is 6.01. The number of hydrogen-bond donors (Lipinski definition) is 1. The van der Waals surface area contributed by atoms with Crippen LogP contribution in [0.3, 0.4) is 0 Å². The second kappa shape index (κ2) is 6.32. The Kier molecular flexibility index (Phi) is 4.60. The molecular formula is C17H27ClN4. The number of aryl methyl sites for hydroxylation is 1. The van der Waals surface area contributed by atoms with Crippen molar-refractivity contribution < 1.29 is 0 Å². The van der Waals surface area contributed by atoms with Crippen molar-refractivity contribution in [3.63, 3.8) is 0 Å². The third kappa shape index (κ3) is 3.23. The first kappa shape index (κ1) is 16.0. The lowest BCUT2D eigenvalue weighted by Crippen LogP contribution is -2.55. The lowest BCUT2D eigenvalue weighted by molar-refractivity contribution is 0.0501. The number of rotatable bonds is 4. The third-order valence-electron chi connectivity index (χ3n) is 5.15. The molecule has 0 radical (unpaired) electrons. The zero-order chi connectivity index (χ0) is 15.7. The summed E-state index contributed by atoms with van der Waals surface area (Å²) in [5.74, 6) is 0.939. The Morgan fingerprint density at radius 3 is 3.05 bits per heavy atom. The maximum Gasteiger partial charge on any atom is 0.224 e. The predicted molar refractivity (Wildman–Crippen MR) is 91.5 cm³/mol. The average Bonchev–Trinajstić information content (AvgIpc) is 2.91. The van der Waals surface area contributed by atoms with Gasteiger partial charge in [-0.3, -0.25) is 4.90 Å². The van der Waals surface area contributed by atoms with Gasteiger partial charge in [-0.15, -0.1) is 0 Å². The highest BCUT2D eigenvalue weighted by Gasteiger charge is 2.42. The molecule has 5 heteroatoms. The molecule has 0 saturated carbocycles. The monoisotopic (exact) mass is 322 g/mol. The fourth-order valence-electron chi connectivity index (χ4n) is 4.28. The summed E-state index contributed by atoms with van der Waals surface area (Å²) in [5, 5.41) is 4.01. The normalized spacial score (nSPS) is 27.6. The molecule has 0 spiro atoms. The Labute approximate surface area is 138 Å². The first-order valence-electron chi connectivity index (χ1n) is 8.54. The molecule has 2 atom stereocenters. The van der Waals surface area contributed by atoms with Crippen LogP contribution in [0.2, 0.25) is 5.28 Å². The number of aromatic nitrogens is 2. The molecule has 3 heterocycles. The summed E-state index contributed by atoms with van der Waals surface area (Å²) < 4.78 is 0. The van der Waals surface area contributed by atoms with E-state index in [1.807, 2.05) is 6.20 Å². The molecule has 0 aromatic carbocycles. The molecule has 1 aromatic rings. The summed E-state index contributed by atoms with van der Waals surface area (Å²) in [7, 11) is 0. The summed E-state index contributed by atoms with van der Waals surface area (Å²) in [4.78, 5) is 11.3. The van der Waals surface area contributed by atoms with Gasteiger partial charge in [0.25, 0.3) is 0 Å². The summed E-state index contributed by atoms with van der Waals surface area (Å²) in [6.45, 7) is 8.18. The van der Waals surface area contributed by atoms with Gasteiger partial charge in [0.1, 0.15) is 5.82 Å². The number of nitrogens with zero attached hydrogens (tertiary/aromatic N) is 3. The minimum Gasteiger partial charge on any atom is -0.367 e. The summed E-state index contributed by atoms with van der Waals surface area (Å²) in [5.41, 5.74) is 1.44. The van der Waals surface area contributed by atoms with Crippen LogP contribution in [0.25, 0.3) is 0 Å². The number of anilines is 1. The van der Waals surface area contributed by atoms with Crippen LogP contribution in [0, 0.1) is 0 Å². The number of nitrogens with one attached hydrogen (secondary N) is 1. The van der Waals surface area contributed by atoms with Gasteiger partial charge in [0.05, 0.1) is 0 Å². The summed E-state index contributed by atoms with van der Waals surface area (Å²) >= 11 is 6.01. The van der Waals surface area contributed by atoms with Crippen LogP contribution in [0.1, 0.15) is 58.4 Å². The van der Waals surface area contributed by atoms with Gasteiger partial charge in [0.2, 0.25) is 5.28 Å². The van der Waals surface area contributed by atoms with Gasteiger partial charge in [0, 0.05) is 29.4 Å². The van der Waals surface area contributed by atoms with Crippen molar-refractivity contribution in [3.8, 4) is 0 Å².